The summed E-state index contributed by atoms with van der Waals surface area (Å²) in [7, 11) is 3.18. The van der Waals surface area contributed by atoms with Crippen LogP contribution in [0.1, 0.15) is 6.92 Å². The van der Waals surface area contributed by atoms with Crippen LogP contribution in [0.4, 0.5) is 5.69 Å². The normalized spacial score (nSPS) is 12.9. The number of nitrogens with one attached hydrogen (secondary N) is 1. The van der Waals surface area contributed by atoms with E-state index in [4.69, 9.17) is 32.7 Å². The van der Waals surface area contributed by atoms with Gasteiger partial charge in [-0.05, 0) is 19.1 Å². The molecule has 0 aliphatic rings. The van der Waals surface area contributed by atoms with Crippen LogP contribution in [-0.4, -0.2) is 26.6 Å². The van der Waals surface area contributed by atoms with Crippen molar-refractivity contribution in [3.05, 3.63) is 28.2 Å². The number of hydrogen-bond acceptors (Lipinski definition) is 3. The van der Waals surface area contributed by atoms with Crippen LogP contribution in [0.5, 0.6) is 0 Å². The molecule has 1 aromatic carbocycles. The zero-order chi connectivity index (χ0) is 12.1. The van der Waals surface area contributed by atoms with E-state index >= 15 is 0 Å². The second-order valence-electron chi connectivity index (χ2n) is 3.37. The number of rotatable bonds is 5. The first-order chi connectivity index (χ1) is 7.60. The van der Waals surface area contributed by atoms with E-state index in [9.17, 15) is 0 Å². The first kappa shape index (κ1) is 13.6. The second kappa shape index (κ2) is 6.30. The Morgan fingerprint density at radius 1 is 1.19 bits per heavy atom. The first-order valence-electron chi connectivity index (χ1n) is 4.86. The van der Waals surface area contributed by atoms with Crippen LogP contribution in [0.3, 0.4) is 0 Å². The van der Waals surface area contributed by atoms with E-state index in [1.165, 1.54) is 0 Å². The van der Waals surface area contributed by atoms with E-state index in [1.54, 1.807) is 20.3 Å². The molecule has 0 fully saturated rings. The molecule has 0 aliphatic heterocycles. The number of anilines is 1. The second-order valence-corrected chi connectivity index (χ2v) is 4.16. The molecule has 5 heteroatoms. The zero-order valence-corrected chi connectivity index (χ0v) is 11.0. The Bertz CT molecular complexity index is 343. The molecule has 0 aliphatic carbocycles. The third-order valence-corrected chi connectivity index (χ3v) is 3.03. The van der Waals surface area contributed by atoms with Gasteiger partial charge in [0.05, 0.1) is 21.8 Å². The van der Waals surface area contributed by atoms with Gasteiger partial charge in [0.25, 0.3) is 0 Å². The number of hydrogen-bond donors (Lipinski definition) is 1. The van der Waals surface area contributed by atoms with Gasteiger partial charge in [-0.3, -0.25) is 0 Å². The van der Waals surface area contributed by atoms with E-state index < -0.39 is 0 Å². The van der Waals surface area contributed by atoms with Crippen molar-refractivity contribution in [1.82, 2.24) is 0 Å². The summed E-state index contributed by atoms with van der Waals surface area (Å²) in [4.78, 5) is 0. The number of halogens is 2. The Labute approximate surface area is 106 Å². The fraction of sp³-hybridized carbons (Fsp3) is 0.455. The van der Waals surface area contributed by atoms with Crippen LogP contribution in [-0.2, 0) is 9.47 Å². The molecule has 0 radical (unpaired) electrons. The summed E-state index contributed by atoms with van der Waals surface area (Å²) in [6.07, 6.45) is -0.338. The monoisotopic (exact) mass is 263 g/mol. The van der Waals surface area contributed by atoms with Gasteiger partial charge in [0.15, 0.2) is 6.29 Å². The summed E-state index contributed by atoms with van der Waals surface area (Å²) in [5, 5.41) is 4.21. The van der Waals surface area contributed by atoms with Gasteiger partial charge in [-0.15, -0.1) is 0 Å². The Kier molecular flexibility index (Phi) is 5.35. The molecule has 1 aromatic rings. The lowest BCUT2D eigenvalue weighted by molar-refractivity contribution is -0.109. The van der Waals surface area contributed by atoms with E-state index in [0.717, 1.165) is 5.69 Å². The fourth-order valence-corrected chi connectivity index (χ4v) is 1.79. The fourth-order valence-electron chi connectivity index (χ4n) is 1.43. The first-order valence-corrected chi connectivity index (χ1v) is 5.62. The predicted octanol–water partition coefficient (Wildman–Crippen LogP) is 3.41. The highest BCUT2D eigenvalue weighted by Crippen LogP contribution is 2.30. The predicted molar refractivity (Wildman–Crippen MR) is 67.4 cm³/mol. The summed E-state index contributed by atoms with van der Waals surface area (Å²) in [6.45, 7) is 1.94. The molecular weight excluding hydrogens is 249 g/mol. The summed E-state index contributed by atoms with van der Waals surface area (Å²) in [6, 6.07) is 5.39. The average Bonchev–Trinajstić information content (AvgIpc) is 2.26. The lowest BCUT2D eigenvalue weighted by Crippen LogP contribution is -2.33. The molecule has 1 atom stereocenters. The zero-order valence-electron chi connectivity index (χ0n) is 9.46. The van der Waals surface area contributed by atoms with Crippen molar-refractivity contribution in [2.45, 2.75) is 19.3 Å². The smallest absolute Gasteiger partial charge is 0.176 e. The summed E-state index contributed by atoms with van der Waals surface area (Å²) < 4.78 is 10.3. The van der Waals surface area contributed by atoms with Crippen LogP contribution in [0.15, 0.2) is 18.2 Å². The maximum atomic E-state index is 6.05. The van der Waals surface area contributed by atoms with Crippen LogP contribution in [0.25, 0.3) is 0 Å². The molecule has 90 valence electrons. The topological polar surface area (TPSA) is 30.5 Å². The van der Waals surface area contributed by atoms with Crippen molar-refractivity contribution >= 4 is 28.9 Å². The van der Waals surface area contributed by atoms with Gasteiger partial charge in [-0.2, -0.15) is 0 Å². The van der Waals surface area contributed by atoms with Crippen LogP contribution in [0.2, 0.25) is 10.0 Å². The minimum atomic E-state index is -0.338. The van der Waals surface area contributed by atoms with Crippen molar-refractivity contribution in [2.75, 3.05) is 19.5 Å². The molecular formula is C11H15Cl2NO2. The average molecular weight is 264 g/mol. The third-order valence-electron chi connectivity index (χ3n) is 2.21. The van der Waals surface area contributed by atoms with E-state index in [-0.39, 0.29) is 12.3 Å². The van der Waals surface area contributed by atoms with Crippen LogP contribution < -0.4 is 5.32 Å². The molecule has 1 unspecified atom stereocenters. The number of benzene rings is 1. The molecule has 1 rings (SSSR count). The van der Waals surface area contributed by atoms with E-state index in [0.29, 0.717) is 10.0 Å². The maximum absolute atomic E-state index is 6.05. The van der Waals surface area contributed by atoms with Gasteiger partial charge >= 0.3 is 0 Å². The van der Waals surface area contributed by atoms with Crippen molar-refractivity contribution in [3.8, 4) is 0 Å². The van der Waals surface area contributed by atoms with Crippen molar-refractivity contribution < 1.29 is 9.47 Å². The minimum Gasteiger partial charge on any atom is -0.376 e. The maximum Gasteiger partial charge on any atom is 0.176 e. The number of ether oxygens (including phenoxy) is 2. The Balaban J connectivity index is 2.76. The summed E-state index contributed by atoms with van der Waals surface area (Å²) in [5.74, 6) is 0. The highest BCUT2D eigenvalue weighted by molar-refractivity contribution is 6.43. The molecule has 3 nitrogen and oxygen atoms in total. The molecule has 0 saturated carbocycles. The molecule has 0 bridgehead atoms. The standard InChI is InChI=1S/C11H15Cl2NO2/c1-7(11(15-2)16-3)14-9-6-4-5-8(12)10(9)13/h4-7,11,14H,1-3H3. The molecule has 0 amide bonds. The number of methoxy groups -OCH3 is 2. The summed E-state index contributed by atoms with van der Waals surface area (Å²) in [5.41, 5.74) is 0.765. The Morgan fingerprint density at radius 3 is 2.38 bits per heavy atom. The van der Waals surface area contributed by atoms with Gasteiger partial charge in [0.1, 0.15) is 0 Å². The van der Waals surface area contributed by atoms with Gasteiger partial charge in [-0.1, -0.05) is 29.3 Å². The van der Waals surface area contributed by atoms with Crippen LogP contribution in [0, 0.1) is 0 Å². The summed E-state index contributed by atoms with van der Waals surface area (Å²) >= 11 is 12.0. The quantitative estimate of drug-likeness (QED) is 0.826. The highest BCUT2D eigenvalue weighted by atomic mass is 35.5. The molecule has 0 heterocycles. The van der Waals surface area contributed by atoms with Crippen molar-refractivity contribution in [2.24, 2.45) is 0 Å². The molecule has 1 N–H and O–H groups in total. The van der Waals surface area contributed by atoms with E-state index in [1.807, 2.05) is 19.1 Å². The lowest BCUT2D eigenvalue weighted by Gasteiger charge is -2.23. The molecule has 0 spiro atoms. The lowest BCUT2D eigenvalue weighted by atomic mass is 10.2. The van der Waals surface area contributed by atoms with Crippen molar-refractivity contribution in [3.63, 3.8) is 0 Å². The van der Waals surface area contributed by atoms with Gasteiger partial charge in [0, 0.05) is 14.2 Å². The van der Waals surface area contributed by atoms with Gasteiger partial charge in [-0.25, -0.2) is 0 Å². The molecule has 0 saturated heterocycles. The highest BCUT2D eigenvalue weighted by Gasteiger charge is 2.16. The third kappa shape index (κ3) is 3.25. The minimum absolute atomic E-state index is 0.0361. The Morgan fingerprint density at radius 2 is 1.81 bits per heavy atom. The Hall–Kier alpha value is -0.480. The van der Waals surface area contributed by atoms with Gasteiger partial charge in [0.2, 0.25) is 0 Å². The van der Waals surface area contributed by atoms with E-state index in [2.05, 4.69) is 5.32 Å². The molecule has 0 aromatic heterocycles. The van der Waals surface area contributed by atoms with Gasteiger partial charge < -0.3 is 14.8 Å². The van der Waals surface area contributed by atoms with Crippen LogP contribution >= 0.6 is 23.2 Å². The SMILES string of the molecule is COC(OC)C(C)Nc1cccc(Cl)c1Cl. The largest absolute Gasteiger partial charge is 0.376 e. The van der Waals surface area contributed by atoms with Crippen molar-refractivity contribution in [1.29, 1.82) is 0 Å². The molecule has 16 heavy (non-hydrogen) atoms.